The van der Waals surface area contributed by atoms with E-state index in [0.29, 0.717) is 30.8 Å². The number of fused-ring (bicyclic) bond motifs is 6. The molecule has 1 saturated heterocycles. The SMILES string of the molecule is C=CC(=O)N1CCN(c2nc(=O)n3c4nc(c(F)cc24)-c2c(F)cccc2NC(=O)Cc2cccc(C(C)C)c2-3)[C@H]2C[C@H]21. The first-order valence-electron chi connectivity index (χ1n) is 14.2. The minimum Gasteiger partial charge on any atom is -0.349 e. The lowest BCUT2D eigenvalue weighted by atomic mass is 9.95. The number of anilines is 2. The maximum absolute atomic E-state index is 16.1. The smallest absolute Gasteiger partial charge is 0.349 e. The van der Waals surface area contributed by atoms with Crippen LogP contribution in [-0.2, 0) is 16.0 Å². The molecule has 2 bridgehead atoms. The Morgan fingerprint density at radius 1 is 1.07 bits per heavy atom. The maximum atomic E-state index is 16.1. The van der Waals surface area contributed by atoms with E-state index in [1.165, 1.54) is 34.9 Å². The molecule has 2 aromatic carbocycles. The van der Waals surface area contributed by atoms with Crippen molar-refractivity contribution >= 4 is 34.4 Å². The highest BCUT2D eigenvalue weighted by molar-refractivity contribution is 5.99. The largest absolute Gasteiger partial charge is 0.355 e. The van der Waals surface area contributed by atoms with E-state index in [1.807, 2.05) is 30.9 Å². The molecule has 7 rings (SSSR count). The van der Waals surface area contributed by atoms with Crippen LogP contribution in [0.15, 0.2) is 59.9 Å². The van der Waals surface area contributed by atoms with Gasteiger partial charge >= 0.3 is 5.69 Å². The number of hydrogen-bond acceptors (Lipinski definition) is 6. The fourth-order valence-electron chi connectivity index (χ4n) is 6.47. The van der Waals surface area contributed by atoms with Gasteiger partial charge in [0, 0.05) is 13.1 Å². The standard InChI is InChI=1S/C32H28F2N6O3/c1-4-26(42)38-11-12-39(24-15-23(24)38)30-19-14-21(34)28-27-20(33)9-6-10-22(27)35-25(41)13-17-7-5-8-18(16(2)3)29(17)40(31(19)36-28)32(43)37-30/h4-10,14,16,23-24H,1,11-13,15H2,2-3H3,(H,35,41)/t23-,24+/m1/s1. The van der Waals surface area contributed by atoms with Crippen LogP contribution in [0.2, 0.25) is 0 Å². The van der Waals surface area contributed by atoms with E-state index in [9.17, 15) is 14.4 Å². The van der Waals surface area contributed by atoms with Gasteiger partial charge in [-0.25, -0.2) is 23.1 Å². The van der Waals surface area contributed by atoms with Gasteiger partial charge in [0.1, 0.15) is 17.3 Å². The number of piperazine rings is 1. The monoisotopic (exact) mass is 582 g/mol. The Labute approximate surface area is 245 Å². The summed E-state index contributed by atoms with van der Waals surface area (Å²) in [4.78, 5) is 52.6. The lowest BCUT2D eigenvalue weighted by Gasteiger charge is -2.35. The van der Waals surface area contributed by atoms with E-state index in [-0.39, 0.29) is 64.1 Å². The molecular formula is C32H28F2N6O3. The first-order valence-corrected chi connectivity index (χ1v) is 14.2. The third-order valence-electron chi connectivity index (χ3n) is 8.51. The average Bonchev–Trinajstić information content (AvgIpc) is 3.77. The molecule has 2 aromatic heterocycles. The summed E-state index contributed by atoms with van der Waals surface area (Å²) in [6.07, 6.45) is 1.84. The van der Waals surface area contributed by atoms with Crippen LogP contribution in [0.1, 0.15) is 37.3 Å². The van der Waals surface area contributed by atoms with E-state index in [4.69, 9.17) is 0 Å². The Kier molecular flexibility index (Phi) is 6.15. The van der Waals surface area contributed by atoms with Crippen LogP contribution in [0.25, 0.3) is 28.0 Å². The van der Waals surface area contributed by atoms with Crippen LogP contribution in [0.5, 0.6) is 0 Å². The molecule has 218 valence electrons. The predicted octanol–water partition coefficient (Wildman–Crippen LogP) is 4.32. The second-order valence-corrected chi connectivity index (χ2v) is 11.4. The first-order chi connectivity index (χ1) is 20.7. The Morgan fingerprint density at radius 3 is 2.63 bits per heavy atom. The van der Waals surface area contributed by atoms with Crippen LogP contribution in [0, 0.1) is 11.6 Å². The third-order valence-corrected chi connectivity index (χ3v) is 8.51. The quantitative estimate of drug-likeness (QED) is 0.361. The number of amides is 2. The molecule has 1 saturated carbocycles. The van der Waals surface area contributed by atoms with Gasteiger partial charge in [0.05, 0.1) is 40.8 Å². The van der Waals surface area contributed by atoms with E-state index in [2.05, 4.69) is 21.9 Å². The van der Waals surface area contributed by atoms with Crippen molar-refractivity contribution in [3.8, 4) is 16.9 Å². The Morgan fingerprint density at radius 2 is 1.86 bits per heavy atom. The van der Waals surface area contributed by atoms with Crippen molar-refractivity contribution in [3.63, 3.8) is 0 Å². The number of halogens is 2. The summed E-state index contributed by atoms with van der Waals surface area (Å²) in [5.41, 5.74) is 0.757. The fourth-order valence-corrected chi connectivity index (χ4v) is 6.47. The molecule has 43 heavy (non-hydrogen) atoms. The number of para-hydroxylation sites is 1. The van der Waals surface area contributed by atoms with E-state index in [1.54, 1.807) is 11.0 Å². The summed E-state index contributed by atoms with van der Waals surface area (Å²) in [6.45, 7) is 8.29. The number of carbonyl (C=O) groups excluding carboxylic acids is 2. The van der Waals surface area contributed by atoms with Gasteiger partial charge in [0.25, 0.3) is 0 Å². The number of rotatable bonds is 3. The molecule has 1 N–H and O–H groups in total. The number of nitrogens with one attached hydrogen (secondary N) is 1. The Hall–Kier alpha value is -4.93. The zero-order valence-corrected chi connectivity index (χ0v) is 23.6. The van der Waals surface area contributed by atoms with Crippen molar-refractivity contribution in [1.82, 2.24) is 19.4 Å². The summed E-state index contributed by atoms with van der Waals surface area (Å²) in [5, 5.41) is 3.00. The second kappa shape index (κ2) is 9.82. The van der Waals surface area contributed by atoms with E-state index in [0.717, 1.165) is 5.56 Å². The molecule has 0 unspecified atom stereocenters. The summed E-state index contributed by atoms with van der Waals surface area (Å²) in [7, 11) is 0. The molecule has 2 amide bonds. The normalized spacial score (nSPS) is 19.0. The first kappa shape index (κ1) is 26.9. The number of nitrogens with zero attached hydrogens (tertiary/aromatic N) is 5. The Bertz CT molecular complexity index is 1940. The lowest BCUT2D eigenvalue weighted by Crippen LogP contribution is -2.49. The highest BCUT2D eigenvalue weighted by atomic mass is 19.1. The fraction of sp³-hybridized carbons (Fsp3) is 0.281. The van der Waals surface area contributed by atoms with Crippen molar-refractivity contribution in [3.05, 3.63) is 88.4 Å². The topological polar surface area (TPSA) is 100 Å². The molecule has 4 heterocycles. The minimum absolute atomic E-state index is 0.0537. The predicted molar refractivity (Wildman–Crippen MR) is 158 cm³/mol. The molecule has 2 aliphatic heterocycles. The molecule has 0 spiro atoms. The average molecular weight is 583 g/mol. The van der Waals surface area contributed by atoms with Gasteiger partial charge in [-0.3, -0.25) is 9.59 Å². The highest BCUT2D eigenvalue weighted by Gasteiger charge is 2.51. The second-order valence-electron chi connectivity index (χ2n) is 11.4. The van der Waals surface area contributed by atoms with Crippen LogP contribution in [0.3, 0.4) is 0 Å². The molecule has 2 fully saturated rings. The van der Waals surface area contributed by atoms with Gasteiger partial charge < -0.3 is 15.1 Å². The Balaban J connectivity index is 1.54. The van der Waals surface area contributed by atoms with Crippen LogP contribution in [-0.4, -0.2) is 56.4 Å². The van der Waals surface area contributed by atoms with Gasteiger partial charge in [-0.05, 0) is 47.7 Å². The van der Waals surface area contributed by atoms with Crippen molar-refractivity contribution in [1.29, 1.82) is 0 Å². The molecule has 4 aromatic rings. The van der Waals surface area contributed by atoms with Crippen molar-refractivity contribution in [2.75, 3.05) is 23.3 Å². The van der Waals surface area contributed by atoms with Gasteiger partial charge in [-0.1, -0.05) is 44.7 Å². The van der Waals surface area contributed by atoms with Crippen molar-refractivity contribution < 1.29 is 18.4 Å². The zero-order chi connectivity index (χ0) is 30.2. The summed E-state index contributed by atoms with van der Waals surface area (Å²) in [6, 6.07) is 10.6. The van der Waals surface area contributed by atoms with Crippen molar-refractivity contribution in [2.45, 2.75) is 44.7 Å². The zero-order valence-electron chi connectivity index (χ0n) is 23.6. The summed E-state index contributed by atoms with van der Waals surface area (Å²) in [5.74, 6) is -2.01. The highest BCUT2D eigenvalue weighted by Crippen LogP contribution is 2.42. The van der Waals surface area contributed by atoms with Gasteiger partial charge in [-0.2, -0.15) is 4.98 Å². The van der Waals surface area contributed by atoms with Gasteiger partial charge in [0.2, 0.25) is 11.8 Å². The maximum Gasteiger partial charge on any atom is 0.355 e. The molecule has 0 radical (unpaired) electrons. The number of carbonyl (C=O) groups is 2. The van der Waals surface area contributed by atoms with Crippen LogP contribution in [0.4, 0.5) is 20.3 Å². The number of benzene rings is 2. The molecular weight excluding hydrogens is 554 g/mol. The summed E-state index contributed by atoms with van der Waals surface area (Å²) >= 11 is 0. The van der Waals surface area contributed by atoms with Crippen molar-refractivity contribution in [2.24, 2.45) is 0 Å². The third kappa shape index (κ3) is 4.21. The van der Waals surface area contributed by atoms with Gasteiger partial charge in [0.15, 0.2) is 11.5 Å². The van der Waals surface area contributed by atoms with Gasteiger partial charge in [-0.15, -0.1) is 0 Å². The van der Waals surface area contributed by atoms with Crippen LogP contribution < -0.4 is 15.9 Å². The molecule has 2 atom stereocenters. The van der Waals surface area contributed by atoms with Crippen LogP contribution >= 0.6 is 0 Å². The number of aromatic nitrogens is 3. The molecule has 11 heteroatoms. The number of hydrogen-bond donors (Lipinski definition) is 1. The molecule has 9 nitrogen and oxygen atoms in total. The van der Waals surface area contributed by atoms with E-state index < -0.39 is 23.2 Å². The minimum atomic E-state index is -0.828. The lowest BCUT2D eigenvalue weighted by molar-refractivity contribution is -0.127. The number of pyridine rings is 1. The molecule has 3 aliphatic rings. The molecule has 1 aliphatic carbocycles. The van der Waals surface area contributed by atoms with E-state index >= 15 is 8.78 Å². The summed E-state index contributed by atoms with van der Waals surface area (Å²) < 4.78 is 32.8.